The smallest absolute Gasteiger partial charge is 0.242 e. The first-order chi connectivity index (χ1) is 13.5. The summed E-state index contributed by atoms with van der Waals surface area (Å²) in [7, 11) is 1.85. The number of nitrogens with one attached hydrogen (secondary N) is 1. The third-order valence-corrected chi connectivity index (χ3v) is 5.89. The van der Waals surface area contributed by atoms with E-state index < -0.39 is 5.54 Å². The van der Waals surface area contributed by atoms with Gasteiger partial charge in [0.1, 0.15) is 11.4 Å². The van der Waals surface area contributed by atoms with Crippen LogP contribution in [0.5, 0.6) is 0 Å². The molecule has 2 aliphatic rings. The molecular weight excluding hydrogens is 393 g/mol. The third-order valence-electron chi connectivity index (χ3n) is 5.89. The van der Waals surface area contributed by atoms with Crippen LogP contribution in [0.25, 0.3) is 11.1 Å². The average Bonchev–Trinajstić information content (AvgIpc) is 3.27. The Morgan fingerprint density at radius 2 is 2.14 bits per heavy atom. The fraction of sp³-hybridized carbons (Fsp3) is 0.455. The molecule has 1 spiro atoms. The molecule has 4 rings (SSSR count). The summed E-state index contributed by atoms with van der Waals surface area (Å²) in [5, 5.41) is 3.53. The van der Waals surface area contributed by atoms with Gasteiger partial charge in [-0.25, -0.2) is 4.39 Å². The highest BCUT2D eigenvalue weighted by Crippen LogP contribution is 2.39. The molecule has 1 aromatic heterocycles. The number of hydrogen-bond acceptors (Lipinski definition) is 4. The molecule has 2 fully saturated rings. The second-order valence-electron chi connectivity index (χ2n) is 7.72. The van der Waals surface area contributed by atoms with Crippen LogP contribution in [0, 0.1) is 5.82 Å². The van der Waals surface area contributed by atoms with E-state index in [0.717, 1.165) is 42.6 Å². The highest BCUT2D eigenvalue weighted by molar-refractivity contribution is 5.88. The van der Waals surface area contributed by atoms with Crippen molar-refractivity contribution in [1.29, 1.82) is 0 Å². The number of pyridine rings is 1. The fourth-order valence-electron chi connectivity index (χ4n) is 4.30. The van der Waals surface area contributed by atoms with Crippen molar-refractivity contribution in [3.8, 4) is 11.1 Å². The van der Waals surface area contributed by atoms with E-state index in [-0.39, 0.29) is 30.2 Å². The van der Waals surface area contributed by atoms with E-state index in [1.54, 1.807) is 17.2 Å². The van der Waals surface area contributed by atoms with Crippen LogP contribution >= 0.6 is 12.4 Å². The van der Waals surface area contributed by atoms with Crippen molar-refractivity contribution in [3.05, 3.63) is 53.6 Å². The van der Waals surface area contributed by atoms with Gasteiger partial charge < -0.3 is 9.64 Å². The molecular formula is C22H27ClFN3O2. The predicted molar refractivity (Wildman–Crippen MR) is 112 cm³/mol. The zero-order chi connectivity index (χ0) is 19.7. The van der Waals surface area contributed by atoms with E-state index in [4.69, 9.17) is 4.74 Å². The van der Waals surface area contributed by atoms with Crippen molar-refractivity contribution in [3.63, 3.8) is 0 Å². The first kappa shape index (κ1) is 21.7. The minimum Gasteiger partial charge on any atom is -0.377 e. The maximum atomic E-state index is 14.5. The Labute approximate surface area is 177 Å². The Bertz CT molecular complexity index is 894. The van der Waals surface area contributed by atoms with E-state index in [2.05, 4.69) is 10.3 Å². The van der Waals surface area contributed by atoms with Crippen LogP contribution < -0.4 is 5.32 Å². The van der Waals surface area contributed by atoms with Crippen molar-refractivity contribution >= 4 is 18.3 Å². The number of ether oxygens (including phenoxy) is 1. The molecule has 0 aliphatic carbocycles. The summed E-state index contributed by atoms with van der Waals surface area (Å²) in [6, 6.07) is 8.84. The average molecular weight is 420 g/mol. The Hall–Kier alpha value is -2.02. The van der Waals surface area contributed by atoms with Crippen molar-refractivity contribution in [2.45, 2.75) is 44.4 Å². The number of amides is 1. The molecule has 29 heavy (non-hydrogen) atoms. The number of benzene rings is 1. The van der Waals surface area contributed by atoms with Crippen LogP contribution in [0.2, 0.25) is 0 Å². The standard InChI is InChI=1S/C22H26FN3O2.ClH/c1-3-28-14-15-4-5-18(23)17(12-15)16-7-10-24-20(13-16)19-6-8-22(25-19)9-11-26(2)21(22)27;/h4-5,7,10,12-13,19,25H,3,6,8-9,11,14H2,1-2H3;1H/t19-,22+;/m1./s1. The van der Waals surface area contributed by atoms with E-state index in [1.165, 1.54) is 6.07 Å². The quantitative estimate of drug-likeness (QED) is 0.799. The second kappa shape index (κ2) is 8.78. The van der Waals surface area contributed by atoms with E-state index >= 15 is 0 Å². The molecule has 0 unspecified atom stereocenters. The van der Waals surface area contributed by atoms with Gasteiger partial charge in [0.25, 0.3) is 0 Å². The van der Waals surface area contributed by atoms with Crippen LogP contribution in [0.4, 0.5) is 4.39 Å². The summed E-state index contributed by atoms with van der Waals surface area (Å²) < 4.78 is 19.9. The van der Waals surface area contributed by atoms with Gasteiger partial charge >= 0.3 is 0 Å². The number of halogens is 2. The second-order valence-corrected chi connectivity index (χ2v) is 7.72. The topological polar surface area (TPSA) is 54.5 Å². The minimum atomic E-state index is -0.459. The van der Waals surface area contributed by atoms with Gasteiger partial charge in [-0.15, -0.1) is 12.4 Å². The van der Waals surface area contributed by atoms with Crippen LogP contribution in [0.3, 0.4) is 0 Å². The molecule has 2 saturated heterocycles. The van der Waals surface area contributed by atoms with Crippen LogP contribution in [-0.2, 0) is 16.1 Å². The number of aromatic nitrogens is 1. The predicted octanol–water partition coefficient (Wildman–Crippen LogP) is 3.87. The van der Waals surface area contributed by atoms with Gasteiger partial charge in [-0.05, 0) is 61.6 Å². The minimum absolute atomic E-state index is 0. The van der Waals surface area contributed by atoms with Crippen molar-refractivity contribution in [2.24, 2.45) is 0 Å². The molecule has 0 radical (unpaired) electrons. The summed E-state index contributed by atoms with van der Waals surface area (Å²) in [5.74, 6) is -0.0957. The lowest BCUT2D eigenvalue weighted by atomic mass is 9.96. The van der Waals surface area contributed by atoms with Gasteiger partial charge in [0.2, 0.25) is 5.91 Å². The van der Waals surface area contributed by atoms with Gasteiger partial charge in [-0.2, -0.15) is 0 Å². The molecule has 7 heteroatoms. The molecule has 1 N–H and O–H groups in total. The van der Waals surface area contributed by atoms with Crippen LogP contribution in [0.15, 0.2) is 36.5 Å². The number of likely N-dealkylation sites (N-methyl/N-ethyl adjacent to an activating group) is 1. The number of nitrogens with zero attached hydrogens (tertiary/aromatic N) is 2. The lowest BCUT2D eigenvalue weighted by Gasteiger charge is -2.23. The number of likely N-dealkylation sites (tertiary alicyclic amines) is 1. The molecule has 1 aromatic carbocycles. The van der Waals surface area contributed by atoms with Crippen LogP contribution in [-0.4, -0.2) is 41.5 Å². The molecule has 0 bridgehead atoms. The Morgan fingerprint density at radius 1 is 1.31 bits per heavy atom. The highest BCUT2D eigenvalue weighted by Gasteiger charge is 2.50. The summed E-state index contributed by atoms with van der Waals surface area (Å²) in [6.07, 6.45) is 4.20. The Morgan fingerprint density at radius 3 is 2.86 bits per heavy atom. The van der Waals surface area contributed by atoms with Gasteiger partial charge in [-0.3, -0.25) is 15.1 Å². The summed E-state index contributed by atoms with van der Waals surface area (Å²) in [4.78, 5) is 18.8. The fourth-order valence-corrected chi connectivity index (χ4v) is 4.30. The highest BCUT2D eigenvalue weighted by atomic mass is 35.5. The zero-order valence-corrected chi connectivity index (χ0v) is 17.6. The van der Waals surface area contributed by atoms with Gasteiger partial charge in [0.15, 0.2) is 0 Å². The normalized spacial score (nSPS) is 23.6. The third kappa shape index (κ3) is 4.15. The number of hydrogen-bond donors (Lipinski definition) is 1. The number of carbonyl (C=O) groups is 1. The lowest BCUT2D eigenvalue weighted by molar-refractivity contribution is -0.131. The molecule has 0 saturated carbocycles. The van der Waals surface area contributed by atoms with Gasteiger partial charge in [-0.1, -0.05) is 6.07 Å². The first-order valence-corrected chi connectivity index (χ1v) is 9.88. The van der Waals surface area contributed by atoms with E-state index in [0.29, 0.717) is 18.8 Å². The van der Waals surface area contributed by atoms with Gasteiger partial charge in [0.05, 0.1) is 18.3 Å². The Kier molecular flexibility index (Phi) is 6.56. The molecule has 2 aliphatic heterocycles. The maximum Gasteiger partial charge on any atom is 0.242 e. The molecule has 3 heterocycles. The number of carbonyl (C=O) groups excluding carboxylic acids is 1. The SMILES string of the molecule is CCOCc1ccc(F)c(-c2ccnc([C@H]3CC[C@@]4(CCN(C)C4=O)N3)c2)c1.Cl. The van der Waals surface area contributed by atoms with Crippen molar-refractivity contribution < 1.29 is 13.9 Å². The monoisotopic (exact) mass is 419 g/mol. The summed E-state index contributed by atoms with van der Waals surface area (Å²) in [5.41, 5.74) is 2.67. The van der Waals surface area contributed by atoms with E-state index in [1.807, 2.05) is 32.2 Å². The maximum absolute atomic E-state index is 14.5. The first-order valence-electron chi connectivity index (χ1n) is 9.88. The van der Waals surface area contributed by atoms with Gasteiger partial charge in [0, 0.05) is 32.0 Å². The zero-order valence-electron chi connectivity index (χ0n) is 16.8. The molecule has 5 nitrogen and oxygen atoms in total. The van der Waals surface area contributed by atoms with Crippen molar-refractivity contribution in [1.82, 2.24) is 15.2 Å². The molecule has 2 atom stereocenters. The number of rotatable bonds is 5. The van der Waals surface area contributed by atoms with Crippen molar-refractivity contribution in [2.75, 3.05) is 20.2 Å². The van der Waals surface area contributed by atoms with E-state index in [9.17, 15) is 9.18 Å². The Balaban J connectivity index is 0.00000240. The largest absolute Gasteiger partial charge is 0.377 e. The molecule has 1 amide bonds. The summed E-state index contributed by atoms with van der Waals surface area (Å²) in [6.45, 7) is 3.80. The lowest BCUT2D eigenvalue weighted by Crippen LogP contribution is -2.47. The molecule has 2 aromatic rings. The molecule has 156 valence electrons. The summed E-state index contributed by atoms with van der Waals surface area (Å²) >= 11 is 0. The van der Waals surface area contributed by atoms with Crippen LogP contribution in [0.1, 0.15) is 43.5 Å².